The van der Waals surface area contributed by atoms with E-state index >= 15 is 0 Å². The highest BCUT2D eigenvalue weighted by Gasteiger charge is 2.09. The van der Waals surface area contributed by atoms with E-state index in [1.165, 1.54) is 0 Å². The molecule has 1 N–H and O–H groups in total. The van der Waals surface area contributed by atoms with E-state index in [9.17, 15) is 4.79 Å². The Morgan fingerprint density at radius 3 is 3.29 bits per heavy atom. The minimum absolute atomic E-state index is 0.165. The molecule has 2 rings (SSSR count). The van der Waals surface area contributed by atoms with Crippen molar-refractivity contribution in [1.29, 1.82) is 0 Å². The average Bonchev–Trinajstić information content (AvgIpc) is 2.70. The van der Waals surface area contributed by atoms with E-state index in [0.29, 0.717) is 13.0 Å². The lowest BCUT2D eigenvalue weighted by Crippen LogP contribution is -2.06. The summed E-state index contributed by atoms with van der Waals surface area (Å²) in [5.41, 5.74) is 2.11. The quantitative estimate of drug-likeness (QED) is 0.788. The number of carbonyl (C=O) groups excluding carboxylic acids is 1. The molecule has 3 nitrogen and oxygen atoms in total. The second-order valence-electron chi connectivity index (χ2n) is 2.96. The summed E-state index contributed by atoms with van der Waals surface area (Å²) in [6.07, 6.45) is 2.23. The van der Waals surface area contributed by atoms with Crippen LogP contribution in [0.3, 0.4) is 0 Å². The number of carbonyl (C=O) groups is 1. The molecule has 0 amide bonds. The molecular formula is C10H11NO2S. The fourth-order valence-electron chi connectivity index (χ4n) is 1.40. The van der Waals surface area contributed by atoms with Crippen LogP contribution in [0.1, 0.15) is 12.5 Å². The molecule has 0 spiro atoms. The van der Waals surface area contributed by atoms with E-state index in [4.69, 9.17) is 4.74 Å². The van der Waals surface area contributed by atoms with Gasteiger partial charge in [-0.2, -0.15) is 0 Å². The topological polar surface area (TPSA) is 42.1 Å². The van der Waals surface area contributed by atoms with Gasteiger partial charge in [0.05, 0.1) is 23.2 Å². The van der Waals surface area contributed by atoms with Gasteiger partial charge in [-0.05, 0) is 23.9 Å². The zero-order valence-electron chi connectivity index (χ0n) is 7.87. The van der Waals surface area contributed by atoms with Crippen molar-refractivity contribution in [3.05, 3.63) is 23.2 Å². The molecule has 0 unspecified atom stereocenters. The molecule has 0 aliphatic carbocycles. The summed E-state index contributed by atoms with van der Waals surface area (Å²) in [7, 11) is 0. The first-order valence-electron chi connectivity index (χ1n) is 4.50. The number of esters is 1. The summed E-state index contributed by atoms with van der Waals surface area (Å²) in [4.78, 5) is 14.4. The van der Waals surface area contributed by atoms with E-state index < -0.39 is 0 Å². The third kappa shape index (κ3) is 1.65. The zero-order valence-corrected chi connectivity index (χ0v) is 8.69. The van der Waals surface area contributed by atoms with Crippen LogP contribution in [0.2, 0.25) is 0 Å². The molecular weight excluding hydrogens is 198 g/mol. The molecule has 0 aliphatic rings. The Morgan fingerprint density at radius 1 is 1.64 bits per heavy atom. The van der Waals surface area contributed by atoms with Gasteiger partial charge in [0, 0.05) is 6.20 Å². The number of thiophene rings is 1. The average molecular weight is 209 g/mol. The molecule has 2 aromatic heterocycles. The first-order chi connectivity index (χ1) is 6.81. The maximum Gasteiger partial charge on any atom is 0.310 e. The van der Waals surface area contributed by atoms with Crippen LogP contribution in [0.4, 0.5) is 0 Å². The highest BCUT2D eigenvalue weighted by molar-refractivity contribution is 7.17. The lowest BCUT2D eigenvalue weighted by Gasteiger charge is -1.98. The first kappa shape index (κ1) is 9.27. The van der Waals surface area contributed by atoms with Crippen LogP contribution >= 0.6 is 11.3 Å². The Morgan fingerprint density at radius 2 is 2.50 bits per heavy atom. The van der Waals surface area contributed by atoms with Gasteiger partial charge in [0.15, 0.2) is 0 Å². The van der Waals surface area contributed by atoms with Gasteiger partial charge in [-0.15, -0.1) is 11.3 Å². The van der Waals surface area contributed by atoms with Crippen molar-refractivity contribution < 1.29 is 9.53 Å². The second-order valence-corrected chi connectivity index (χ2v) is 3.88. The fraction of sp³-hybridized carbons (Fsp3) is 0.300. The Labute approximate surface area is 85.7 Å². The molecule has 2 heterocycles. The smallest absolute Gasteiger partial charge is 0.310 e. The maximum atomic E-state index is 11.2. The lowest BCUT2D eigenvalue weighted by atomic mass is 10.2. The van der Waals surface area contributed by atoms with Crippen LogP contribution in [-0.4, -0.2) is 17.6 Å². The molecule has 14 heavy (non-hydrogen) atoms. The van der Waals surface area contributed by atoms with Gasteiger partial charge in [-0.25, -0.2) is 0 Å². The third-order valence-electron chi connectivity index (χ3n) is 2.00. The molecule has 0 bridgehead atoms. The summed E-state index contributed by atoms with van der Waals surface area (Å²) < 4.78 is 6.04. The van der Waals surface area contributed by atoms with Gasteiger partial charge in [-0.1, -0.05) is 0 Å². The molecule has 0 aliphatic heterocycles. The predicted molar refractivity (Wildman–Crippen MR) is 56.5 cm³/mol. The zero-order chi connectivity index (χ0) is 9.97. The van der Waals surface area contributed by atoms with Crippen LogP contribution in [0.15, 0.2) is 17.6 Å². The van der Waals surface area contributed by atoms with E-state index in [-0.39, 0.29) is 5.97 Å². The van der Waals surface area contributed by atoms with Crippen molar-refractivity contribution in [1.82, 2.24) is 4.98 Å². The van der Waals surface area contributed by atoms with Crippen LogP contribution in [0.25, 0.3) is 10.2 Å². The third-order valence-corrected chi connectivity index (χ3v) is 2.99. The van der Waals surface area contributed by atoms with Crippen molar-refractivity contribution in [2.24, 2.45) is 0 Å². The molecule has 2 aromatic rings. The number of hydrogen-bond donors (Lipinski definition) is 1. The fourth-order valence-corrected chi connectivity index (χ4v) is 2.28. The van der Waals surface area contributed by atoms with Crippen LogP contribution < -0.4 is 0 Å². The van der Waals surface area contributed by atoms with E-state index in [2.05, 4.69) is 4.98 Å². The molecule has 0 radical (unpaired) electrons. The Balaban J connectivity index is 2.18. The summed E-state index contributed by atoms with van der Waals surface area (Å²) in [6, 6.07) is 2.01. The SMILES string of the molecule is CCOC(=O)Cc1c[nH]c2ccsc12. The highest BCUT2D eigenvalue weighted by Crippen LogP contribution is 2.24. The number of rotatable bonds is 3. The number of nitrogens with one attached hydrogen (secondary N) is 1. The normalized spacial score (nSPS) is 10.6. The van der Waals surface area contributed by atoms with Gasteiger partial charge in [0.1, 0.15) is 0 Å². The van der Waals surface area contributed by atoms with Crippen LogP contribution in [0, 0.1) is 0 Å². The monoisotopic (exact) mass is 209 g/mol. The van der Waals surface area contributed by atoms with Crippen molar-refractivity contribution >= 4 is 27.5 Å². The van der Waals surface area contributed by atoms with Crippen molar-refractivity contribution in [2.75, 3.05) is 6.61 Å². The van der Waals surface area contributed by atoms with Gasteiger partial charge >= 0.3 is 5.97 Å². The van der Waals surface area contributed by atoms with E-state index in [1.807, 2.05) is 24.6 Å². The molecule has 0 fully saturated rings. The van der Waals surface area contributed by atoms with Gasteiger partial charge in [-0.3, -0.25) is 4.79 Å². The maximum absolute atomic E-state index is 11.2. The number of aromatic amines is 1. The van der Waals surface area contributed by atoms with Crippen molar-refractivity contribution in [2.45, 2.75) is 13.3 Å². The van der Waals surface area contributed by atoms with Crippen molar-refractivity contribution in [3.8, 4) is 0 Å². The number of hydrogen-bond acceptors (Lipinski definition) is 3. The number of fused-ring (bicyclic) bond motifs is 1. The summed E-state index contributed by atoms with van der Waals surface area (Å²) >= 11 is 1.64. The lowest BCUT2D eigenvalue weighted by molar-refractivity contribution is -0.142. The Kier molecular flexibility index (Phi) is 2.54. The minimum atomic E-state index is -0.165. The van der Waals surface area contributed by atoms with Crippen LogP contribution in [-0.2, 0) is 16.0 Å². The molecule has 74 valence electrons. The largest absolute Gasteiger partial charge is 0.466 e. The van der Waals surface area contributed by atoms with Crippen molar-refractivity contribution in [3.63, 3.8) is 0 Å². The number of aromatic nitrogens is 1. The molecule has 4 heteroatoms. The standard InChI is InChI=1S/C10H11NO2S/c1-2-13-9(12)5-7-6-11-8-3-4-14-10(7)8/h3-4,6,11H,2,5H2,1H3. The second kappa shape index (κ2) is 3.84. The number of H-pyrrole nitrogens is 1. The first-order valence-corrected chi connectivity index (χ1v) is 5.38. The van der Waals surface area contributed by atoms with Gasteiger partial charge in [0.2, 0.25) is 0 Å². The van der Waals surface area contributed by atoms with Gasteiger partial charge in [0.25, 0.3) is 0 Å². The van der Waals surface area contributed by atoms with Crippen LogP contribution in [0.5, 0.6) is 0 Å². The minimum Gasteiger partial charge on any atom is -0.466 e. The highest BCUT2D eigenvalue weighted by atomic mass is 32.1. The molecule has 0 atom stereocenters. The Hall–Kier alpha value is -1.29. The van der Waals surface area contributed by atoms with E-state index in [1.54, 1.807) is 11.3 Å². The Bertz CT molecular complexity index is 444. The van der Waals surface area contributed by atoms with Gasteiger partial charge < -0.3 is 9.72 Å². The molecule has 0 aromatic carbocycles. The number of ether oxygens (including phenoxy) is 1. The molecule has 0 saturated carbocycles. The van der Waals surface area contributed by atoms with E-state index in [0.717, 1.165) is 15.8 Å². The summed E-state index contributed by atoms with van der Waals surface area (Å²) in [5.74, 6) is -0.165. The summed E-state index contributed by atoms with van der Waals surface area (Å²) in [5, 5.41) is 2.01. The summed E-state index contributed by atoms with van der Waals surface area (Å²) in [6.45, 7) is 2.26. The molecule has 0 saturated heterocycles. The predicted octanol–water partition coefficient (Wildman–Crippen LogP) is 2.34.